The van der Waals surface area contributed by atoms with Crippen LogP contribution in [0, 0.1) is 40.4 Å². The summed E-state index contributed by atoms with van der Waals surface area (Å²) in [7, 11) is 0. The second-order valence-corrected chi connectivity index (χ2v) is 9.53. The molecule has 0 aromatic heterocycles. The number of esters is 1. The second kappa shape index (κ2) is 8.30. The molecule has 0 saturated heterocycles. The highest BCUT2D eigenvalue weighted by Gasteiger charge is 2.54. The monoisotopic (exact) mass is 393 g/mol. The van der Waals surface area contributed by atoms with Crippen LogP contribution in [0.3, 0.4) is 0 Å². The first-order valence-electron chi connectivity index (χ1n) is 11.2. The molecule has 3 aliphatic rings. The van der Waals surface area contributed by atoms with Gasteiger partial charge in [0.1, 0.15) is 11.9 Å². The Morgan fingerprint density at radius 3 is 2.76 bits per heavy atom. The Morgan fingerprint density at radius 1 is 1.21 bits per heavy atom. The molecule has 0 heterocycles. The van der Waals surface area contributed by atoms with Crippen molar-refractivity contribution in [2.24, 2.45) is 29.1 Å². The first-order chi connectivity index (χ1) is 14.0. The minimum absolute atomic E-state index is 0.00283. The molecule has 1 aromatic carbocycles. The molecule has 0 spiro atoms. The Morgan fingerprint density at radius 2 is 2.00 bits per heavy atom. The van der Waals surface area contributed by atoms with Crippen LogP contribution in [0.15, 0.2) is 30.3 Å². The third-order valence-electron chi connectivity index (χ3n) is 8.18. The van der Waals surface area contributed by atoms with Gasteiger partial charge in [0.25, 0.3) is 0 Å². The van der Waals surface area contributed by atoms with E-state index in [1.165, 1.54) is 0 Å². The van der Waals surface area contributed by atoms with Crippen LogP contribution in [0.5, 0.6) is 0 Å². The van der Waals surface area contributed by atoms with Crippen molar-refractivity contribution in [2.45, 2.75) is 70.8 Å². The van der Waals surface area contributed by atoms with Crippen molar-refractivity contribution in [1.29, 1.82) is 5.26 Å². The van der Waals surface area contributed by atoms with Gasteiger partial charge in [-0.3, -0.25) is 4.79 Å². The summed E-state index contributed by atoms with van der Waals surface area (Å²) in [6.07, 6.45) is 7.97. The summed E-state index contributed by atoms with van der Waals surface area (Å²) in [6.45, 7) is 2.42. The number of rotatable bonds is 4. The lowest BCUT2D eigenvalue weighted by Gasteiger charge is -2.57. The van der Waals surface area contributed by atoms with Crippen LogP contribution in [-0.4, -0.2) is 17.9 Å². The molecule has 1 aromatic rings. The van der Waals surface area contributed by atoms with E-state index in [-0.39, 0.29) is 23.4 Å². The van der Waals surface area contributed by atoms with Gasteiger partial charge in [0.2, 0.25) is 0 Å². The second-order valence-electron chi connectivity index (χ2n) is 9.53. The van der Waals surface area contributed by atoms with E-state index < -0.39 is 0 Å². The van der Waals surface area contributed by atoms with Gasteiger partial charge >= 0.3 is 5.97 Å². The van der Waals surface area contributed by atoms with Crippen molar-refractivity contribution in [2.75, 3.05) is 0 Å². The largest absolute Gasteiger partial charge is 0.459 e. The van der Waals surface area contributed by atoms with E-state index in [9.17, 15) is 9.59 Å². The number of ether oxygens (including phenoxy) is 1. The molecule has 0 amide bonds. The number of fused-ring (bicyclic) bond motifs is 3. The molecule has 29 heavy (non-hydrogen) atoms. The van der Waals surface area contributed by atoms with Gasteiger partial charge in [0.15, 0.2) is 0 Å². The van der Waals surface area contributed by atoms with Crippen LogP contribution < -0.4 is 0 Å². The van der Waals surface area contributed by atoms with Crippen molar-refractivity contribution in [3.63, 3.8) is 0 Å². The van der Waals surface area contributed by atoms with E-state index in [0.29, 0.717) is 41.9 Å². The fourth-order valence-corrected chi connectivity index (χ4v) is 6.64. The molecule has 0 bridgehead atoms. The van der Waals surface area contributed by atoms with Gasteiger partial charge in [-0.15, -0.1) is 0 Å². The van der Waals surface area contributed by atoms with Gasteiger partial charge in [-0.05, 0) is 80.2 Å². The molecule has 0 N–H and O–H groups in total. The number of hydrogen-bond acceptors (Lipinski definition) is 4. The fraction of sp³-hybridized carbons (Fsp3) is 0.640. The number of nitriles is 1. The zero-order chi connectivity index (χ0) is 20.4. The van der Waals surface area contributed by atoms with E-state index in [0.717, 1.165) is 44.9 Å². The van der Waals surface area contributed by atoms with Crippen molar-refractivity contribution in [3.8, 4) is 6.07 Å². The Bertz CT molecular complexity index is 798. The van der Waals surface area contributed by atoms with Crippen molar-refractivity contribution >= 4 is 11.8 Å². The zero-order valence-electron chi connectivity index (χ0n) is 17.3. The molecule has 4 heteroatoms. The molecule has 3 fully saturated rings. The maximum atomic E-state index is 12.6. The van der Waals surface area contributed by atoms with Gasteiger partial charge in [0.05, 0.1) is 11.6 Å². The Hall–Kier alpha value is -2.15. The summed E-state index contributed by atoms with van der Waals surface area (Å²) < 4.78 is 5.87. The molecule has 4 rings (SSSR count). The SMILES string of the molecule is C[C@]12CC[C@@H](OC(=O)c3ccccc3)C[C@@H]1CC[C@H]1[C@H](CCC#N)C(=O)CC[C@@H]12. The minimum Gasteiger partial charge on any atom is -0.459 e. The molecule has 6 atom stereocenters. The first kappa shape index (κ1) is 20.1. The Balaban J connectivity index is 1.43. The number of Topliss-reactive ketones (excluding diaryl/α,β-unsaturated/α-hetero) is 1. The smallest absolute Gasteiger partial charge is 0.338 e. The number of benzene rings is 1. The van der Waals surface area contributed by atoms with Crippen LogP contribution in [0.1, 0.15) is 75.1 Å². The summed E-state index contributed by atoms with van der Waals surface area (Å²) >= 11 is 0. The van der Waals surface area contributed by atoms with Crippen LogP contribution in [-0.2, 0) is 9.53 Å². The molecule has 154 valence electrons. The van der Waals surface area contributed by atoms with E-state index in [1.54, 1.807) is 12.1 Å². The van der Waals surface area contributed by atoms with Crippen LogP contribution in [0.2, 0.25) is 0 Å². The highest BCUT2D eigenvalue weighted by molar-refractivity contribution is 5.89. The lowest BCUT2D eigenvalue weighted by molar-refractivity contribution is -0.141. The van der Waals surface area contributed by atoms with E-state index in [1.807, 2.05) is 18.2 Å². The number of ketones is 1. The molecule has 0 aliphatic heterocycles. The van der Waals surface area contributed by atoms with Crippen molar-refractivity contribution in [3.05, 3.63) is 35.9 Å². The summed E-state index contributed by atoms with van der Waals surface area (Å²) in [5.74, 6) is 1.81. The van der Waals surface area contributed by atoms with Gasteiger partial charge in [-0.25, -0.2) is 4.79 Å². The lowest BCUT2D eigenvalue weighted by atomic mass is 9.47. The molecule has 4 nitrogen and oxygen atoms in total. The predicted octanol–water partition coefficient (Wildman–Crippen LogP) is 5.33. The zero-order valence-corrected chi connectivity index (χ0v) is 17.3. The highest BCUT2D eigenvalue weighted by atomic mass is 16.5. The van der Waals surface area contributed by atoms with Crippen LogP contribution in [0.25, 0.3) is 0 Å². The predicted molar refractivity (Wildman–Crippen MR) is 110 cm³/mol. The van der Waals surface area contributed by atoms with Crippen LogP contribution >= 0.6 is 0 Å². The normalized spacial score (nSPS) is 36.4. The number of carbonyl (C=O) groups excluding carboxylic acids is 2. The van der Waals surface area contributed by atoms with Crippen LogP contribution in [0.4, 0.5) is 0 Å². The quantitative estimate of drug-likeness (QED) is 0.649. The first-order valence-corrected chi connectivity index (χ1v) is 11.2. The maximum Gasteiger partial charge on any atom is 0.338 e. The topological polar surface area (TPSA) is 67.2 Å². The standard InChI is InChI=1S/C25H31NO3/c1-25-14-13-19(29-24(28)17-6-3-2-4-7-17)16-18(25)9-10-20-21(8-5-15-26)23(27)12-11-22(20)25/h2-4,6-7,18-22H,5,8-14,16H2,1H3/t18-,19+,20-,21-,22-,25-/m0/s1. The molecule has 0 radical (unpaired) electrons. The van der Waals surface area contributed by atoms with Gasteiger partial charge in [-0.1, -0.05) is 25.1 Å². The summed E-state index contributed by atoms with van der Waals surface area (Å²) in [6, 6.07) is 11.5. The summed E-state index contributed by atoms with van der Waals surface area (Å²) in [5, 5.41) is 9.00. The minimum atomic E-state index is -0.215. The average molecular weight is 394 g/mol. The van der Waals surface area contributed by atoms with Crippen molar-refractivity contribution in [1.82, 2.24) is 0 Å². The maximum absolute atomic E-state index is 12.6. The van der Waals surface area contributed by atoms with E-state index in [2.05, 4.69) is 13.0 Å². The number of carbonyl (C=O) groups is 2. The van der Waals surface area contributed by atoms with Crippen molar-refractivity contribution < 1.29 is 14.3 Å². The number of hydrogen-bond donors (Lipinski definition) is 0. The highest BCUT2D eigenvalue weighted by Crippen LogP contribution is 2.60. The third-order valence-corrected chi connectivity index (χ3v) is 8.18. The van der Waals surface area contributed by atoms with Gasteiger partial charge in [-0.2, -0.15) is 5.26 Å². The van der Waals surface area contributed by atoms with Gasteiger partial charge < -0.3 is 4.74 Å². The third kappa shape index (κ3) is 3.84. The molecular formula is C25H31NO3. The molecular weight excluding hydrogens is 362 g/mol. The summed E-state index contributed by atoms with van der Waals surface area (Å²) in [4.78, 5) is 25.0. The van der Waals surface area contributed by atoms with E-state index in [4.69, 9.17) is 10.00 Å². The van der Waals surface area contributed by atoms with Gasteiger partial charge in [0, 0.05) is 18.8 Å². The fourth-order valence-electron chi connectivity index (χ4n) is 6.64. The number of nitrogens with zero attached hydrogens (tertiary/aromatic N) is 1. The molecule has 3 saturated carbocycles. The Kier molecular flexibility index (Phi) is 5.76. The summed E-state index contributed by atoms with van der Waals surface area (Å²) in [5.41, 5.74) is 0.847. The Labute approximate surface area is 173 Å². The molecule has 3 aliphatic carbocycles. The van der Waals surface area contributed by atoms with E-state index >= 15 is 0 Å². The molecule has 0 unspecified atom stereocenters. The lowest BCUT2D eigenvalue weighted by Crippen LogP contribution is -2.52. The average Bonchev–Trinajstić information content (AvgIpc) is 2.73.